The topological polar surface area (TPSA) is 142 Å². The van der Waals surface area contributed by atoms with Crippen LogP contribution >= 0.6 is 0 Å². The van der Waals surface area contributed by atoms with Gasteiger partial charge in [-0.3, -0.25) is 9.59 Å². The van der Waals surface area contributed by atoms with Crippen LogP contribution in [0.15, 0.2) is 67.4 Å². The Morgan fingerprint density at radius 3 is 2.12 bits per heavy atom. The summed E-state index contributed by atoms with van der Waals surface area (Å²) >= 11 is 0. The molecule has 40 heavy (non-hydrogen) atoms. The maximum absolute atomic E-state index is 13.4. The van der Waals surface area contributed by atoms with Gasteiger partial charge in [0.1, 0.15) is 18.0 Å². The summed E-state index contributed by atoms with van der Waals surface area (Å²) in [5.74, 6) is -1.03. The second-order valence-electron chi connectivity index (χ2n) is 10.0. The highest BCUT2D eigenvalue weighted by atomic mass is 16.6. The van der Waals surface area contributed by atoms with E-state index < -0.39 is 23.4 Å². The minimum atomic E-state index is -0.629. The van der Waals surface area contributed by atoms with E-state index in [0.717, 1.165) is 0 Å². The molecular weight excluding hydrogens is 512 g/mol. The molecule has 2 aromatic carbocycles. The fourth-order valence-electron chi connectivity index (χ4n) is 3.45. The van der Waals surface area contributed by atoms with Crippen molar-refractivity contribution in [2.45, 2.75) is 46.3 Å². The second kappa shape index (κ2) is 12.8. The highest BCUT2D eigenvalue weighted by molar-refractivity contribution is 6.11. The molecule has 0 atom stereocenters. The zero-order valence-electron chi connectivity index (χ0n) is 23.2. The van der Waals surface area contributed by atoms with Crippen LogP contribution in [0.2, 0.25) is 0 Å². The van der Waals surface area contributed by atoms with E-state index in [4.69, 9.17) is 19.9 Å². The number of nitrogens with zero attached hydrogens (tertiary/aromatic N) is 1. The Balaban J connectivity index is 1.93. The van der Waals surface area contributed by atoms with E-state index in [-0.39, 0.29) is 35.3 Å². The van der Waals surface area contributed by atoms with E-state index in [0.29, 0.717) is 22.8 Å². The first-order valence-corrected chi connectivity index (χ1v) is 12.6. The number of nitrogen functional groups attached to an aromatic ring is 1. The summed E-state index contributed by atoms with van der Waals surface area (Å²) in [6.07, 6.45) is 2.60. The summed E-state index contributed by atoms with van der Waals surface area (Å²) in [5.41, 5.74) is 6.57. The molecule has 2 amide bonds. The first-order valence-electron chi connectivity index (χ1n) is 12.6. The molecule has 0 bridgehead atoms. The molecule has 10 heteroatoms. The maximum Gasteiger partial charge on any atom is 0.338 e. The van der Waals surface area contributed by atoms with Crippen molar-refractivity contribution in [3.8, 4) is 11.5 Å². The smallest absolute Gasteiger partial charge is 0.338 e. The van der Waals surface area contributed by atoms with Crippen LogP contribution in [0.5, 0.6) is 11.5 Å². The standard InChI is InChI=1S/C30H34N4O6/c1-7-16-38-25-22(27(35)33-21-11-8-19(9-12-21)29(37)40-30(4,5)6)13-14-23(26(25)39-18(2)3)28(36)34-24-15-10-20(31)17-32-24/h7-15,17-18H,1,16,31H2,2-6H3,(H,33,35)(H,32,34,36). The average molecular weight is 547 g/mol. The lowest BCUT2D eigenvalue weighted by atomic mass is 10.1. The number of hydrogen-bond acceptors (Lipinski definition) is 8. The SMILES string of the molecule is C=CCOc1c(C(=O)Nc2ccc(C(=O)OC(C)(C)C)cc2)ccc(C(=O)Nc2ccc(N)cn2)c1OC(C)C. The quantitative estimate of drug-likeness (QED) is 0.224. The van der Waals surface area contributed by atoms with E-state index in [1.807, 2.05) is 0 Å². The van der Waals surface area contributed by atoms with Crippen molar-refractivity contribution in [1.82, 2.24) is 4.98 Å². The molecule has 210 valence electrons. The third kappa shape index (κ3) is 8.07. The van der Waals surface area contributed by atoms with Gasteiger partial charge in [0.15, 0.2) is 11.5 Å². The lowest BCUT2D eigenvalue weighted by Gasteiger charge is -2.20. The van der Waals surface area contributed by atoms with Gasteiger partial charge in [-0.25, -0.2) is 9.78 Å². The number of anilines is 3. The highest BCUT2D eigenvalue weighted by Crippen LogP contribution is 2.37. The van der Waals surface area contributed by atoms with Crippen LogP contribution in [0, 0.1) is 0 Å². The fourth-order valence-corrected chi connectivity index (χ4v) is 3.45. The van der Waals surface area contributed by atoms with Gasteiger partial charge in [0.2, 0.25) is 0 Å². The van der Waals surface area contributed by atoms with E-state index >= 15 is 0 Å². The number of amides is 2. The van der Waals surface area contributed by atoms with E-state index in [2.05, 4.69) is 22.2 Å². The first-order chi connectivity index (χ1) is 18.9. The molecule has 1 heterocycles. The van der Waals surface area contributed by atoms with Gasteiger partial charge in [-0.1, -0.05) is 12.7 Å². The fraction of sp³-hybridized carbons (Fsp3) is 0.267. The third-order valence-electron chi connectivity index (χ3n) is 5.11. The Morgan fingerprint density at radius 2 is 1.57 bits per heavy atom. The number of ether oxygens (including phenoxy) is 3. The second-order valence-corrected chi connectivity index (χ2v) is 10.0. The van der Waals surface area contributed by atoms with Crippen molar-refractivity contribution in [2.24, 2.45) is 0 Å². The normalized spacial score (nSPS) is 10.9. The molecule has 10 nitrogen and oxygen atoms in total. The van der Waals surface area contributed by atoms with E-state index in [9.17, 15) is 14.4 Å². The van der Waals surface area contributed by atoms with Gasteiger partial charge in [0.25, 0.3) is 11.8 Å². The monoisotopic (exact) mass is 546 g/mol. The van der Waals surface area contributed by atoms with Crippen molar-refractivity contribution in [2.75, 3.05) is 23.0 Å². The molecule has 3 rings (SSSR count). The number of hydrogen-bond donors (Lipinski definition) is 3. The van der Waals surface area contributed by atoms with Gasteiger partial charge in [-0.2, -0.15) is 0 Å². The van der Waals surface area contributed by atoms with E-state index in [1.165, 1.54) is 24.4 Å². The molecule has 0 saturated carbocycles. The van der Waals surface area contributed by atoms with Crippen molar-refractivity contribution >= 4 is 35.0 Å². The van der Waals surface area contributed by atoms with Crippen LogP contribution in [0.4, 0.5) is 17.2 Å². The summed E-state index contributed by atoms with van der Waals surface area (Å²) in [6.45, 7) is 12.7. The van der Waals surface area contributed by atoms with Gasteiger partial charge in [0.05, 0.1) is 34.7 Å². The predicted octanol–water partition coefficient (Wildman–Crippen LogP) is 5.48. The van der Waals surface area contributed by atoms with Gasteiger partial charge in [-0.05, 0) is 83.1 Å². The Morgan fingerprint density at radius 1 is 0.950 bits per heavy atom. The van der Waals surface area contributed by atoms with Gasteiger partial charge in [-0.15, -0.1) is 0 Å². The molecule has 0 unspecified atom stereocenters. The van der Waals surface area contributed by atoms with Crippen molar-refractivity contribution in [3.63, 3.8) is 0 Å². The zero-order valence-corrected chi connectivity index (χ0v) is 23.2. The van der Waals surface area contributed by atoms with Gasteiger partial charge in [0, 0.05) is 5.69 Å². The molecule has 0 fully saturated rings. The molecule has 1 aromatic heterocycles. The summed E-state index contributed by atoms with van der Waals surface area (Å²) in [5, 5.41) is 5.49. The molecule has 0 radical (unpaired) electrons. The number of nitrogens with one attached hydrogen (secondary N) is 2. The molecule has 0 spiro atoms. The molecule has 3 aromatic rings. The van der Waals surface area contributed by atoms with Crippen LogP contribution < -0.4 is 25.8 Å². The number of nitrogens with two attached hydrogens (primary N) is 1. The lowest BCUT2D eigenvalue weighted by molar-refractivity contribution is 0.00693. The number of aromatic nitrogens is 1. The Bertz CT molecular complexity index is 1380. The summed E-state index contributed by atoms with van der Waals surface area (Å²) in [7, 11) is 0. The van der Waals surface area contributed by atoms with Crippen molar-refractivity contribution in [3.05, 3.63) is 84.1 Å². The van der Waals surface area contributed by atoms with Crippen LogP contribution in [0.3, 0.4) is 0 Å². The molecule has 0 aliphatic carbocycles. The van der Waals surface area contributed by atoms with Crippen LogP contribution in [-0.2, 0) is 4.74 Å². The number of esters is 1. The van der Waals surface area contributed by atoms with Gasteiger partial charge >= 0.3 is 5.97 Å². The third-order valence-corrected chi connectivity index (χ3v) is 5.11. The number of carbonyl (C=O) groups is 3. The lowest BCUT2D eigenvalue weighted by Crippen LogP contribution is -2.23. The van der Waals surface area contributed by atoms with Crippen molar-refractivity contribution in [1.29, 1.82) is 0 Å². The largest absolute Gasteiger partial charge is 0.486 e. The molecular formula is C30H34N4O6. The molecule has 0 aliphatic rings. The predicted molar refractivity (Wildman–Crippen MR) is 154 cm³/mol. The van der Waals surface area contributed by atoms with E-state index in [1.54, 1.807) is 71.0 Å². The Hall–Kier alpha value is -4.86. The van der Waals surface area contributed by atoms with Crippen LogP contribution in [-0.4, -0.2) is 41.1 Å². The Kier molecular flexibility index (Phi) is 9.50. The maximum atomic E-state index is 13.4. The number of carbonyl (C=O) groups excluding carboxylic acids is 3. The van der Waals surface area contributed by atoms with Crippen LogP contribution in [0.1, 0.15) is 65.7 Å². The van der Waals surface area contributed by atoms with Crippen LogP contribution in [0.25, 0.3) is 0 Å². The molecule has 0 aliphatic heterocycles. The number of rotatable bonds is 10. The Labute approximate surface area is 233 Å². The summed E-state index contributed by atoms with van der Waals surface area (Å²) in [4.78, 5) is 43.0. The number of benzene rings is 2. The van der Waals surface area contributed by atoms with Crippen molar-refractivity contribution < 1.29 is 28.6 Å². The first kappa shape index (κ1) is 29.7. The number of pyridine rings is 1. The molecule has 0 saturated heterocycles. The minimum Gasteiger partial charge on any atom is -0.486 e. The highest BCUT2D eigenvalue weighted by Gasteiger charge is 2.26. The minimum absolute atomic E-state index is 0.0594. The van der Waals surface area contributed by atoms with Gasteiger partial charge < -0.3 is 30.6 Å². The summed E-state index contributed by atoms with van der Waals surface area (Å²) in [6, 6.07) is 12.4. The summed E-state index contributed by atoms with van der Waals surface area (Å²) < 4.78 is 17.2. The molecule has 4 N–H and O–H groups in total. The zero-order chi connectivity index (χ0) is 29.4. The average Bonchev–Trinajstić information content (AvgIpc) is 2.88.